The number of imidazole rings is 1. The molecular weight excluding hydrogens is 772 g/mol. The Labute approximate surface area is 333 Å². The molecule has 4 heterocycles. The Morgan fingerprint density at radius 2 is 1.66 bits per heavy atom. The highest BCUT2D eigenvalue weighted by Crippen LogP contribution is 2.50. The average molecular weight is 817 g/mol. The van der Waals surface area contributed by atoms with E-state index in [4.69, 9.17) is 25.3 Å². The number of aliphatic hydroxyl groups is 1. The number of hydrogen-bond acceptors (Lipinski definition) is 12. The topological polar surface area (TPSA) is 177 Å². The lowest BCUT2D eigenvalue weighted by Crippen LogP contribution is -2.63. The second-order valence-electron chi connectivity index (χ2n) is 14.6. The van der Waals surface area contributed by atoms with Crippen LogP contribution in [0.1, 0.15) is 40.7 Å². The van der Waals surface area contributed by atoms with Crippen LogP contribution in [0.25, 0.3) is 22.4 Å². The minimum absolute atomic E-state index is 0.00670. The number of pyridine rings is 1. The number of halogens is 3. The molecule has 0 spiro atoms. The summed E-state index contributed by atoms with van der Waals surface area (Å²) in [6.07, 6.45) is -0.480. The van der Waals surface area contributed by atoms with Gasteiger partial charge in [0.15, 0.2) is 29.4 Å². The fraction of sp³-hybridized carbons (Fsp3) is 0.317. The molecule has 1 saturated heterocycles. The highest BCUT2D eigenvalue weighted by atomic mass is 31.2. The van der Waals surface area contributed by atoms with E-state index in [0.29, 0.717) is 46.6 Å². The van der Waals surface area contributed by atoms with Crippen molar-refractivity contribution < 1.29 is 36.6 Å². The van der Waals surface area contributed by atoms with Gasteiger partial charge in [-0.15, -0.1) is 0 Å². The van der Waals surface area contributed by atoms with Gasteiger partial charge in [-0.05, 0) is 67.6 Å². The zero-order valence-corrected chi connectivity index (χ0v) is 32.9. The van der Waals surface area contributed by atoms with Gasteiger partial charge in [-0.1, -0.05) is 59.7 Å². The van der Waals surface area contributed by atoms with Gasteiger partial charge in [-0.3, -0.25) is 9.55 Å². The van der Waals surface area contributed by atoms with Gasteiger partial charge in [0.1, 0.15) is 17.9 Å². The lowest BCUT2D eigenvalue weighted by Gasteiger charge is -2.44. The van der Waals surface area contributed by atoms with Crippen molar-refractivity contribution in [2.45, 2.75) is 64.5 Å². The Morgan fingerprint density at radius 3 is 2.31 bits per heavy atom. The van der Waals surface area contributed by atoms with Gasteiger partial charge in [0.2, 0.25) is 0 Å². The van der Waals surface area contributed by atoms with Gasteiger partial charge in [0.05, 0.1) is 49.2 Å². The Morgan fingerprint density at radius 1 is 0.948 bits per heavy atom. The molecule has 0 unspecified atom stereocenters. The molecule has 1 aliphatic rings. The molecule has 0 radical (unpaired) electrons. The standard InChI is InChI=1S/C41H44F3N8O5P/c1-26-6-3-8-28(14-26)20-56-58(54,57-21-29-9-4-7-27(2)15-29)25-55-35-11-10-30(16-32(35)42)33-17-31(19-52-24-50-36-39(45)48-23-49-40(36)52)34(18-47-33)51-13-5-12-41(46,22-51)37(53)38(43)44/h3-4,6-11,14-18,23-24,37-38,53H,5,12-13,19-22,25,46H2,1-2H3,(H2,45,48,49)/t37-,41+/m0/s1. The normalized spacial score (nSPS) is 16.6. The first-order valence-corrected chi connectivity index (χ1v) is 20.3. The van der Waals surface area contributed by atoms with Gasteiger partial charge in [-0.25, -0.2) is 28.1 Å². The third-order valence-electron chi connectivity index (χ3n) is 10.1. The molecule has 3 aromatic carbocycles. The number of rotatable bonds is 15. The molecule has 6 aromatic rings. The number of nitrogen functional groups attached to an aromatic ring is 1. The molecule has 0 aliphatic carbocycles. The van der Waals surface area contributed by atoms with Crippen molar-refractivity contribution in [2.75, 3.05) is 30.1 Å². The Hall–Kier alpha value is -5.38. The number of anilines is 2. The van der Waals surface area contributed by atoms with E-state index in [9.17, 15) is 18.5 Å². The molecule has 13 nitrogen and oxygen atoms in total. The highest BCUT2D eigenvalue weighted by Gasteiger charge is 2.43. The number of hydrogen-bond donors (Lipinski definition) is 3. The van der Waals surface area contributed by atoms with E-state index < -0.39 is 37.8 Å². The summed E-state index contributed by atoms with van der Waals surface area (Å²) >= 11 is 0. The molecule has 1 aliphatic heterocycles. The Kier molecular flexibility index (Phi) is 12.1. The van der Waals surface area contributed by atoms with Crippen LogP contribution in [-0.4, -0.2) is 67.1 Å². The highest BCUT2D eigenvalue weighted by molar-refractivity contribution is 7.53. The third kappa shape index (κ3) is 9.32. The summed E-state index contributed by atoms with van der Waals surface area (Å²) in [6.45, 7) is 4.47. The molecule has 2 atom stereocenters. The van der Waals surface area contributed by atoms with E-state index in [-0.39, 0.29) is 44.3 Å². The first-order chi connectivity index (χ1) is 27.8. The van der Waals surface area contributed by atoms with Gasteiger partial charge >= 0.3 is 7.60 Å². The van der Waals surface area contributed by atoms with Gasteiger partial charge < -0.3 is 39.8 Å². The number of nitrogens with two attached hydrogens (primary N) is 2. The maximum Gasteiger partial charge on any atom is 0.368 e. The number of benzene rings is 3. The number of ether oxygens (including phenoxy) is 1. The maximum absolute atomic E-state index is 15.8. The van der Waals surface area contributed by atoms with Gasteiger partial charge in [-0.2, -0.15) is 0 Å². The molecule has 3 aromatic heterocycles. The van der Waals surface area contributed by atoms with Crippen molar-refractivity contribution in [3.05, 3.63) is 125 Å². The fourth-order valence-electron chi connectivity index (χ4n) is 7.05. The molecule has 304 valence electrons. The van der Waals surface area contributed by atoms with E-state index in [1.54, 1.807) is 29.2 Å². The van der Waals surface area contributed by atoms with Crippen LogP contribution in [0.15, 0.2) is 91.6 Å². The lowest BCUT2D eigenvalue weighted by molar-refractivity contribution is -0.0529. The zero-order valence-electron chi connectivity index (χ0n) is 32.0. The predicted octanol–water partition coefficient (Wildman–Crippen LogP) is 7.16. The predicted molar refractivity (Wildman–Crippen MR) is 214 cm³/mol. The molecule has 0 bridgehead atoms. The van der Waals surface area contributed by atoms with Crippen LogP contribution in [0.3, 0.4) is 0 Å². The van der Waals surface area contributed by atoms with Crippen molar-refractivity contribution >= 4 is 30.3 Å². The summed E-state index contributed by atoms with van der Waals surface area (Å²) in [5, 5.41) is 10.4. The van der Waals surface area contributed by atoms with Crippen molar-refractivity contribution in [1.29, 1.82) is 0 Å². The van der Waals surface area contributed by atoms with E-state index in [0.717, 1.165) is 22.3 Å². The average Bonchev–Trinajstić information content (AvgIpc) is 3.62. The number of aliphatic hydroxyl groups excluding tert-OH is 1. The van der Waals surface area contributed by atoms with E-state index in [2.05, 4.69) is 19.9 Å². The van der Waals surface area contributed by atoms with Gasteiger partial charge in [0, 0.05) is 18.7 Å². The van der Waals surface area contributed by atoms with Crippen molar-refractivity contribution in [3.8, 4) is 17.0 Å². The second kappa shape index (κ2) is 17.2. The molecule has 5 N–H and O–H groups in total. The second-order valence-corrected chi connectivity index (χ2v) is 16.6. The Bertz CT molecular complexity index is 2400. The number of piperidine rings is 1. The summed E-state index contributed by atoms with van der Waals surface area (Å²) in [5.74, 6) is -0.716. The van der Waals surface area contributed by atoms with Gasteiger partial charge in [0.25, 0.3) is 6.43 Å². The zero-order chi connectivity index (χ0) is 41.0. The quantitative estimate of drug-likeness (QED) is 0.0893. The minimum Gasteiger partial charge on any atom is -0.478 e. The van der Waals surface area contributed by atoms with Crippen LogP contribution in [0.2, 0.25) is 0 Å². The lowest BCUT2D eigenvalue weighted by atomic mass is 9.84. The first-order valence-electron chi connectivity index (χ1n) is 18.6. The van der Waals surface area contributed by atoms with Crippen LogP contribution >= 0.6 is 7.60 Å². The molecule has 17 heteroatoms. The van der Waals surface area contributed by atoms with Crippen LogP contribution < -0.4 is 21.1 Å². The summed E-state index contributed by atoms with van der Waals surface area (Å²) in [4.78, 5) is 19.2. The van der Waals surface area contributed by atoms with E-state index in [1.807, 2.05) is 67.3 Å². The molecule has 1 fully saturated rings. The number of fused-ring (bicyclic) bond motifs is 1. The van der Waals surface area contributed by atoms with Crippen LogP contribution in [0.5, 0.6) is 5.75 Å². The number of aromatic nitrogens is 5. The molecular formula is C41H44F3N8O5P. The van der Waals surface area contributed by atoms with Crippen LogP contribution in [0, 0.1) is 19.7 Å². The summed E-state index contributed by atoms with van der Waals surface area (Å²) in [6, 6.07) is 21.2. The smallest absolute Gasteiger partial charge is 0.368 e. The summed E-state index contributed by atoms with van der Waals surface area (Å²) in [5.41, 5.74) is 17.4. The summed E-state index contributed by atoms with van der Waals surface area (Å²) < 4.78 is 76.5. The molecule has 0 saturated carbocycles. The van der Waals surface area contributed by atoms with Crippen molar-refractivity contribution in [1.82, 2.24) is 24.5 Å². The summed E-state index contributed by atoms with van der Waals surface area (Å²) in [7, 11) is -3.93. The molecule has 0 amide bonds. The monoisotopic (exact) mass is 816 g/mol. The van der Waals surface area contributed by atoms with E-state index in [1.165, 1.54) is 18.5 Å². The van der Waals surface area contributed by atoms with Crippen LogP contribution in [-0.2, 0) is 33.4 Å². The van der Waals surface area contributed by atoms with Crippen molar-refractivity contribution in [2.24, 2.45) is 5.73 Å². The van der Waals surface area contributed by atoms with E-state index >= 15 is 4.39 Å². The maximum atomic E-state index is 15.8. The number of aryl methyl sites for hydroxylation is 2. The SMILES string of the molecule is Cc1cccc(COP(=O)(COc2ccc(-c3cc(Cn4cnc5c(N)ncnc54)c(N4CCC[C@](N)([C@@H](O)C(F)F)C4)cn3)cc2F)OCc2cccc(C)c2)c1. The number of nitrogens with zero attached hydrogens (tertiary/aromatic N) is 6. The largest absolute Gasteiger partial charge is 0.478 e. The third-order valence-corrected chi connectivity index (χ3v) is 11.6. The molecule has 7 rings (SSSR count). The fourth-order valence-corrected chi connectivity index (χ4v) is 8.27. The number of alkyl halides is 2. The Balaban J connectivity index is 1.15. The minimum atomic E-state index is -3.93. The molecule has 58 heavy (non-hydrogen) atoms. The van der Waals surface area contributed by atoms with Crippen LogP contribution in [0.4, 0.5) is 24.7 Å². The van der Waals surface area contributed by atoms with Crippen molar-refractivity contribution in [3.63, 3.8) is 0 Å². The first kappa shape index (κ1) is 40.8.